The van der Waals surface area contributed by atoms with Gasteiger partial charge in [-0.2, -0.15) is 0 Å². The van der Waals surface area contributed by atoms with Gasteiger partial charge >= 0.3 is 0 Å². The van der Waals surface area contributed by atoms with Gasteiger partial charge in [-0.3, -0.25) is 4.79 Å². The second-order valence-corrected chi connectivity index (χ2v) is 5.22. The van der Waals surface area contributed by atoms with Gasteiger partial charge in [-0.05, 0) is 31.4 Å². The van der Waals surface area contributed by atoms with E-state index in [0.29, 0.717) is 0 Å². The van der Waals surface area contributed by atoms with E-state index in [9.17, 15) is 9.90 Å². The number of benzene rings is 1. The normalized spacial score (nSPS) is 12.6. The van der Waals surface area contributed by atoms with Crippen LogP contribution in [0.15, 0.2) is 18.2 Å². The molecule has 1 atom stereocenters. The summed E-state index contributed by atoms with van der Waals surface area (Å²) in [6, 6.07) is 6.01. The van der Waals surface area contributed by atoms with Gasteiger partial charge in [0, 0.05) is 12.7 Å². The van der Waals surface area contributed by atoms with Crippen LogP contribution >= 0.6 is 0 Å². The number of aliphatic hydroxyl groups is 1. The third-order valence-corrected chi connectivity index (χ3v) is 3.36. The van der Waals surface area contributed by atoms with Gasteiger partial charge in [0.2, 0.25) is 5.91 Å². The van der Waals surface area contributed by atoms with Crippen LogP contribution in [0.4, 0.5) is 5.69 Å². The van der Waals surface area contributed by atoms with Gasteiger partial charge < -0.3 is 10.0 Å². The first kappa shape index (κ1) is 14.7. The lowest BCUT2D eigenvalue weighted by Gasteiger charge is -2.26. The van der Waals surface area contributed by atoms with Gasteiger partial charge in [0.15, 0.2) is 0 Å². The SMILES string of the molecule is Cc1ccc(N(C)C(=O)C(CO)C(C)C)c(C)c1. The van der Waals surface area contributed by atoms with Crippen LogP contribution in [0.5, 0.6) is 0 Å². The maximum atomic E-state index is 12.3. The highest BCUT2D eigenvalue weighted by Crippen LogP contribution is 2.23. The molecule has 100 valence electrons. The molecule has 18 heavy (non-hydrogen) atoms. The fraction of sp³-hybridized carbons (Fsp3) is 0.533. The molecule has 0 bridgehead atoms. The molecule has 0 fully saturated rings. The molecular weight excluding hydrogens is 226 g/mol. The smallest absolute Gasteiger partial charge is 0.232 e. The number of carbonyl (C=O) groups is 1. The second-order valence-electron chi connectivity index (χ2n) is 5.22. The highest BCUT2D eigenvalue weighted by atomic mass is 16.3. The van der Waals surface area contributed by atoms with E-state index in [2.05, 4.69) is 6.07 Å². The molecule has 0 heterocycles. The van der Waals surface area contributed by atoms with E-state index >= 15 is 0 Å². The third-order valence-electron chi connectivity index (χ3n) is 3.36. The first-order chi connectivity index (χ1) is 8.38. The quantitative estimate of drug-likeness (QED) is 0.890. The summed E-state index contributed by atoms with van der Waals surface area (Å²) in [5.41, 5.74) is 3.16. The van der Waals surface area contributed by atoms with E-state index < -0.39 is 0 Å². The number of hydrogen-bond acceptors (Lipinski definition) is 2. The van der Waals surface area contributed by atoms with Gasteiger partial charge in [-0.25, -0.2) is 0 Å². The van der Waals surface area contributed by atoms with Gasteiger partial charge in [-0.1, -0.05) is 31.5 Å². The first-order valence-electron chi connectivity index (χ1n) is 6.34. The van der Waals surface area contributed by atoms with Gasteiger partial charge in [0.25, 0.3) is 0 Å². The predicted molar refractivity (Wildman–Crippen MR) is 74.7 cm³/mol. The molecule has 1 unspecified atom stereocenters. The molecule has 1 aromatic rings. The number of anilines is 1. The number of aliphatic hydroxyl groups excluding tert-OH is 1. The lowest BCUT2D eigenvalue weighted by molar-refractivity contribution is -0.124. The summed E-state index contributed by atoms with van der Waals surface area (Å²) in [4.78, 5) is 14.0. The summed E-state index contributed by atoms with van der Waals surface area (Å²) in [6.45, 7) is 7.83. The minimum atomic E-state index is -0.337. The second kappa shape index (κ2) is 6.01. The number of aryl methyl sites for hydroxylation is 2. The summed E-state index contributed by atoms with van der Waals surface area (Å²) >= 11 is 0. The van der Waals surface area contributed by atoms with Crippen LogP contribution in [0, 0.1) is 25.7 Å². The minimum absolute atomic E-state index is 0.0283. The van der Waals surface area contributed by atoms with E-state index in [4.69, 9.17) is 0 Å². The molecule has 0 spiro atoms. The van der Waals surface area contributed by atoms with Crippen molar-refractivity contribution in [2.45, 2.75) is 27.7 Å². The number of rotatable bonds is 4. The van der Waals surface area contributed by atoms with E-state index in [1.807, 2.05) is 39.8 Å². The maximum Gasteiger partial charge on any atom is 0.232 e. The molecule has 1 N–H and O–H groups in total. The Hall–Kier alpha value is -1.35. The Morgan fingerprint density at radius 1 is 1.33 bits per heavy atom. The standard InChI is InChI=1S/C15H23NO2/c1-10(2)13(9-17)15(18)16(5)14-7-6-11(3)8-12(14)4/h6-8,10,13,17H,9H2,1-5H3. The molecule has 0 saturated carbocycles. The Kier molecular flexibility index (Phi) is 4.91. The predicted octanol–water partition coefficient (Wildman–Crippen LogP) is 2.53. The average molecular weight is 249 g/mol. The van der Waals surface area contributed by atoms with E-state index in [-0.39, 0.29) is 24.3 Å². The number of nitrogens with zero attached hydrogens (tertiary/aromatic N) is 1. The Bertz CT molecular complexity index is 427. The van der Waals surface area contributed by atoms with Crippen LogP contribution in [0.2, 0.25) is 0 Å². The summed E-state index contributed by atoms with van der Waals surface area (Å²) in [7, 11) is 1.77. The van der Waals surface area contributed by atoms with Crippen LogP contribution in [-0.4, -0.2) is 24.7 Å². The zero-order valence-corrected chi connectivity index (χ0v) is 11.9. The monoisotopic (exact) mass is 249 g/mol. The van der Waals surface area contributed by atoms with Gasteiger partial charge in [0.1, 0.15) is 0 Å². The van der Waals surface area contributed by atoms with E-state index in [1.165, 1.54) is 5.56 Å². The van der Waals surface area contributed by atoms with Crippen molar-refractivity contribution >= 4 is 11.6 Å². The number of carbonyl (C=O) groups excluding carboxylic acids is 1. The van der Waals surface area contributed by atoms with Crippen molar-refractivity contribution in [2.24, 2.45) is 11.8 Å². The fourth-order valence-electron chi connectivity index (χ4n) is 2.12. The lowest BCUT2D eigenvalue weighted by atomic mass is 9.95. The van der Waals surface area contributed by atoms with Crippen LogP contribution in [-0.2, 0) is 4.79 Å². The van der Waals surface area contributed by atoms with Gasteiger partial charge in [0.05, 0.1) is 12.5 Å². The zero-order chi connectivity index (χ0) is 13.9. The zero-order valence-electron chi connectivity index (χ0n) is 11.9. The summed E-state index contributed by atoms with van der Waals surface area (Å²) in [5.74, 6) is -0.231. The molecule has 0 aliphatic rings. The van der Waals surface area contributed by atoms with Crippen molar-refractivity contribution < 1.29 is 9.90 Å². The maximum absolute atomic E-state index is 12.3. The highest BCUT2D eigenvalue weighted by Gasteiger charge is 2.25. The molecule has 1 rings (SSSR count). The van der Waals surface area contributed by atoms with Crippen LogP contribution in [0.1, 0.15) is 25.0 Å². The molecule has 0 radical (unpaired) electrons. The fourth-order valence-corrected chi connectivity index (χ4v) is 2.12. The Balaban J connectivity index is 2.99. The van der Waals surface area contributed by atoms with Crippen LogP contribution < -0.4 is 4.90 Å². The topological polar surface area (TPSA) is 40.5 Å². The molecule has 0 aromatic heterocycles. The molecule has 1 amide bonds. The van der Waals surface area contributed by atoms with Crippen molar-refractivity contribution in [1.82, 2.24) is 0 Å². The van der Waals surface area contributed by atoms with Crippen molar-refractivity contribution in [3.63, 3.8) is 0 Å². The summed E-state index contributed by atoms with van der Waals surface area (Å²) < 4.78 is 0. The van der Waals surface area contributed by atoms with Crippen molar-refractivity contribution in [3.05, 3.63) is 29.3 Å². The first-order valence-corrected chi connectivity index (χ1v) is 6.34. The molecular formula is C15H23NO2. The van der Waals surface area contributed by atoms with Crippen molar-refractivity contribution in [2.75, 3.05) is 18.6 Å². The third kappa shape index (κ3) is 3.10. The highest BCUT2D eigenvalue weighted by molar-refractivity contribution is 5.95. The van der Waals surface area contributed by atoms with E-state index in [1.54, 1.807) is 11.9 Å². The van der Waals surface area contributed by atoms with Crippen molar-refractivity contribution in [3.8, 4) is 0 Å². The number of amides is 1. The van der Waals surface area contributed by atoms with Crippen molar-refractivity contribution in [1.29, 1.82) is 0 Å². The van der Waals surface area contributed by atoms with E-state index in [0.717, 1.165) is 11.3 Å². The molecule has 1 aromatic carbocycles. The summed E-state index contributed by atoms with van der Waals surface area (Å²) in [6.07, 6.45) is 0. The average Bonchev–Trinajstić information content (AvgIpc) is 2.28. The lowest BCUT2D eigenvalue weighted by Crippen LogP contribution is -2.37. The van der Waals surface area contributed by atoms with Crippen LogP contribution in [0.3, 0.4) is 0 Å². The Labute approximate surface area is 109 Å². The Morgan fingerprint density at radius 2 is 1.94 bits per heavy atom. The largest absolute Gasteiger partial charge is 0.396 e. The molecule has 0 saturated heterocycles. The molecule has 0 aliphatic carbocycles. The Morgan fingerprint density at radius 3 is 2.39 bits per heavy atom. The molecule has 0 aliphatic heterocycles. The number of hydrogen-bond donors (Lipinski definition) is 1. The summed E-state index contributed by atoms with van der Waals surface area (Å²) in [5, 5.41) is 9.33. The minimum Gasteiger partial charge on any atom is -0.396 e. The van der Waals surface area contributed by atoms with Gasteiger partial charge in [-0.15, -0.1) is 0 Å². The van der Waals surface area contributed by atoms with Crippen LogP contribution in [0.25, 0.3) is 0 Å². The molecule has 3 nitrogen and oxygen atoms in total. The molecule has 3 heteroatoms.